The summed E-state index contributed by atoms with van der Waals surface area (Å²) in [5, 5.41) is 0. The molecular formula is C16H25NO2. The second-order valence-electron chi connectivity index (χ2n) is 5.43. The SMILES string of the molecule is CCC(N)Cc1cc(OC)ccc1OCCC1CC1. The van der Waals surface area contributed by atoms with Crippen molar-refractivity contribution >= 4 is 0 Å². The summed E-state index contributed by atoms with van der Waals surface area (Å²) in [7, 11) is 1.69. The molecular weight excluding hydrogens is 238 g/mol. The Bertz CT molecular complexity index is 402. The smallest absolute Gasteiger partial charge is 0.122 e. The Hall–Kier alpha value is -1.22. The van der Waals surface area contributed by atoms with Crippen molar-refractivity contribution in [1.82, 2.24) is 0 Å². The van der Waals surface area contributed by atoms with Crippen LogP contribution < -0.4 is 15.2 Å². The molecule has 2 N–H and O–H groups in total. The van der Waals surface area contributed by atoms with E-state index in [2.05, 4.69) is 6.92 Å². The van der Waals surface area contributed by atoms with Crippen molar-refractivity contribution in [2.24, 2.45) is 11.7 Å². The minimum absolute atomic E-state index is 0.179. The zero-order valence-corrected chi connectivity index (χ0v) is 12.0. The highest BCUT2D eigenvalue weighted by molar-refractivity contribution is 5.40. The maximum absolute atomic E-state index is 6.06. The van der Waals surface area contributed by atoms with Crippen molar-refractivity contribution in [1.29, 1.82) is 0 Å². The molecule has 1 fully saturated rings. The highest BCUT2D eigenvalue weighted by Crippen LogP contribution is 2.33. The maximum Gasteiger partial charge on any atom is 0.122 e. The Kier molecular flexibility index (Phi) is 5.08. The Morgan fingerprint density at radius 3 is 2.79 bits per heavy atom. The van der Waals surface area contributed by atoms with Crippen LogP contribution in [0.25, 0.3) is 0 Å². The van der Waals surface area contributed by atoms with Gasteiger partial charge in [-0.1, -0.05) is 19.8 Å². The largest absolute Gasteiger partial charge is 0.497 e. The van der Waals surface area contributed by atoms with Crippen LogP contribution in [-0.4, -0.2) is 19.8 Å². The summed E-state index contributed by atoms with van der Waals surface area (Å²) >= 11 is 0. The second-order valence-corrected chi connectivity index (χ2v) is 5.43. The van der Waals surface area contributed by atoms with Gasteiger partial charge in [-0.25, -0.2) is 0 Å². The van der Waals surface area contributed by atoms with Crippen molar-refractivity contribution in [2.45, 2.75) is 45.1 Å². The molecule has 3 nitrogen and oxygen atoms in total. The van der Waals surface area contributed by atoms with Crippen molar-refractivity contribution < 1.29 is 9.47 Å². The molecule has 0 aliphatic heterocycles. The molecule has 0 aromatic heterocycles. The molecule has 0 saturated heterocycles. The summed E-state index contributed by atoms with van der Waals surface area (Å²) in [6.45, 7) is 2.92. The second kappa shape index (κ2) is 6.80. The molecule has 1 aromatic carbocycles. The lowest BCUT2D eigenvalue weighted by Gasteiger charge is -2.15. The molecule has 2 rings (SSSR count). The highest BCUT2D eigenvalue weighted by Gasteiger charge is 2.21. The zero-order valence-electron chi connectivity index (χ0n) is 12.0. The van der Waals surface area contributed by atoms with Crippen LogP contribution in [0.5, 0.6) is 11.5 Å². The van der Waals surface area contributed by atoms with E-state index in [0.29, 0.717) is 0 Å². The third-order valence-corrected chi connectivity index (χ3v) is 3.75. The lowest BCUT2D eigenvalue weighted by Crippen LogP contribution is -2.21. The van der Waals surface area contributed by atoms with Crippen LogP contribution in [0, 0.1) is 5.92 Å². The Morgan fingerprint density at radius 1 is 1.37 bits per heavy atom. The molecule has 0 amide bonds. The Morgan fingerprint density at radius 2 is 2.16 bits per heavy atom. The minimum Gasteiger partial charge on any atom is -0.497 e. The van der Waals surface area contributed by atoms with Gasteiger partial charge >= 0.3 is 0 Å². The van der Waals surface area contributed by atoms with Gasteiger partial charge in [0.05, 0.1) is 13.7 Å². The summed E-state index contributed by atoms with van der Waals surface area (Å²) < 4.78 is 11.2. The van der Waals surface area contributed by atoms with Gasteiger partial charge in [0.1, 0.15) is 11.5 Å². The summed E-state index contributed by atoms with van der Waals surface area (Å²) in [5.74, 6) is 2.73. The van der Waals surface area contributed by atoms with Gasteiger partial charge in [0.25, 0.3) is 0 Å². The number of rotatable bonds is 8. The Balaban J connectivity index is 2.00. The molecule has 106 valence electrons. The van der Waals surface area contributed by atoms with E-state index in [1.807, 2.05) is 18.2 Å². The minimum atomic E-state index is 0.179. The van der Waals surface area contributed by atoms with Crippen LogP contribution in [0.1, 0.15) is 38.2 Å². The van der Waals surface area contributed by atoms with Crippen LogP contribution in [0.2, 0.25) is 0 Å². The number of methoxy groups -OCH3 is 1. The monoisotopic (exact) mass is 263 g/mol. The van der Waals surface area contributed by atoms with Gasteiger partial charge in [0, 0.05) is 6.04 Å². The van der Waals surface area contributed by atoms with E-state index in [1.54, 1.807) is 7.11 Å². The quantitative estimate of drug-likeness (QED) is 0.783. The summed E-state index contributed by atoms with van der Waals surface area (Å²) in [5.41, 5.74) is 7.21. The fraction of sp³-hybridized carbons (Fsp3) is 0.625. The van der Waals surface area contributed by atoms with Gasteiger partial charge < -0.3 is 15.2 Å². The van der Waals surface area contributed by atoms with Crippen LogP contribution in [0.15, 0.2) is 18.2 Å². The molecule has 1 atom stereocenters. The molecule has 1 unspecified atom stereocenters. The summed E-state index contributed by atoms with van der Waals surface area (Å²) in [6.07, 6.45) is 5.73. The molecule has 1 aromatic rings. The first kappa shape index (κ1) is 14.2. The van der Waals surface area contributed by atoms with Gasteiger partial charge in [0.15, 0.2) is 0 Å². The van der Waals surface area contributed by atoms with Crippen LogP contribution in [0.4, 0.5) is 0 Å². The third-order valence-electron chi connectivity index (χ3n) is 3.75. The first-order valence-electron chi connectivity index (χ1n) is 7.28. The van der Waals surface area contributed by atoms with Crippen molar-refractivity contribution in [3.05, 3.63) is 23.8 Å². The average molecular weight is 263 g/mol. The van der Waals surface area contributed by atoms with Gasteiger partial charge in [-0.3, -0.25) is 0 Å². The van der Waals surface area contributed by atoms with Crippen LogP contribution in [-0.2, 0) is 6.42 Å². The van der Waals surface area contributed by atoms with Crippen LogP contribution >= 0.6 is 0 Å². The third kappa shape index (κ3) is 4.43. The first-order valence-corrected chi connectivity index (χ1v) is 7.28. The van der Waals surface area contributed by atoms with Gasteiger partial charge in [-0.2, -0.15) is 0 Å². The fourth-order valence-corrected chi connectivity index (χ4v) is 2.15. The average Bonchev–Trinajstić information content (AvgIpc) is 3.24. The van der Waals surface area contributed by atoms with Crippen molar-refractivity contribution in [3.8, 4) is 11.5 Å². The van der Waals surface area contributed by atoms with E-state index in [9.17, 15) is 0 Å². The van der Waals surface area contributed by atoms with Crippen molar-refractivity contribution in [3.63, 3.8) is 0 Å². The zero-order chi connectivity index (χ0) is 13.7. The molecule has 0 radical (unpaired) electrons. The molecule has 3 heteroatoms. The number of ether oxygens (including phenoxy) is 2. The standard InChI is InChI=1S/C16H25NO2/c1-3-14(17)10-13-11-15(18-2)6-7-16(13)19-9-8-12-4-5-12/h6-7,11-12,14H,3-5,8-10,17H2,1-2H3. The van der Waals surface area contributed by atoms with E-state index in [1.165, 1.54) is 19.3 Å². The normalized spacial score (nSPS) is 16.2. The van der Waals surface area contributed by atoms with Gasteiger partial charge in [-0.05, 0) is 48.9 Å². The summed E-state index contributed by atoms with van der Waals surface area (Å²) in [4.78, 5) is 0. The highest BCUT2D eigenvalue weighted by atomic mass is 16.5. The lowest BCUT2D eigenvalue weighted by molar-refractivity contribution is 0.298. The summed E-state index contributed by atoms with van der Waals surface area (Å²) in [6, 6.07) is 6.18. The van der Waals surface area contributed by atoms with E-state index in [4.69, 9.17) is 15.2 Å². The van der Waals surface area contributed by atoms with Gasteiger partial charge in [0.2, 0.25) is 0 Å². The number of nitrogens with two attached hydrogens (primary N) is 1. The molecule has 0 spiro atoms. The predicted molar refractivity (Wildman–Crippen MR) is 77.8 cm³/mol. The fourth-order valence-electron chi connectivity index (χ4n) is 2.15. The number of hydrogen-bond acceptors (Lipinski definition) is 3. The van der Waals surface area contributed by atoms with Crippen molar-refractivity contribution in [2.75, 3.05) is 13.7 Å². The van der Waals surface area contributed by atoms with Crippen LogP contribution in [0.3, 0.4) is 0 Å². The molecule has 1 saturated carbocycles. The first-order chi connectivity index (χ1) is 9.22. The molecule has 1 aliphatic rings. The Labute approximate surface area is 116 Å². The van der Waals surface area contributed by atoms with E-state index >= 15 is 0 Å². The predicted octanol–water partition coefficient (Wildman–Crippen LogP) is 3.15. The van der Waals surface area contributed by atoms with E-state index in [-0.39, 0.29) is 6.04 Å². The van der Waals surface area contributed by atoms with Gasteiger partial charge in [-0.15, -0.1) is 0 Å². The topological polar surface area (TPSA) is 44.5 Å². The molecule has 0 heterocycles. The molecule has 1 aliphatic carbocycles. The molecule has 0 bridgehead atoms. The maximum atomic E-state index is 6.06. The number of hydrogen-bond donors (Lipinski definition) is 1. The van der Waals surface area contributed by atoms with E-state index < -0.39 is 0 Å². The van der Waals surface area contributed by atoms with E-state index in [0.717, 1.165) is 42.4 Å². The lowest BCUT2D eigenvalue weighted by atomic mass is 10.0. The molecule has 19 heavy (non-hydrogen) atoms. The number of benzene rings is 1.